The molecule has 0 radical (unpaired) electrons. The first-order valence-electron chi connectivity index (χ1n) is 7.38. The van der Waals surface area contributed by atoms with Gasteiger partial charge in [0.05, 0.1) is 0 Å². The Labute approximate surface area is 116 Å². The van der Waals surface area contributed by atoms with Crippen LogP contribution in [-0.2, 0) is 0 Å². The molecule has 1 fully saturated rings. The van der Waals surface area contributed by atoms with Crippen LogP contribution in [0, 0.1) is 0 Å². The van der Waals surface area contributed by atoms with E-state index in [1.54, 1.807) is 0 Å². The van der Waals surface area contributed by atoms with Crippen molar-refractivity contribution in [3.63, 3.8) is 0 Å². The van der Waals surface area contributed by atoms with E-state index in [4.69, 9.17) is 0 Å². The first-order chi connectivity index (χ1) is 9.29. The van der Waals surface area contributed by atoms with Gasteiger partial charge < -0.3 is 10.2 Å². The highest BCUT2D eigenvalue weighted by molar-refractivity contribution is 5.94. The van der Waals surface area contributed by atoms with Crippen LogP contribution < -0.4 is 5.32 Å². The van der Waals surface area contributed by atoms with Gasteiger partial charge in [0.25, 0.3) is 5.91 Å². The highest BCUT2D eigenvalue weighted by Crippen LogP contribution is 2.12. The summed E-state index contributed by atoms with van der Waals surface area (Å²) < 4.78 is 0. The van der Waals surface area contributed by atoms with E-state index in [9.17, 15) is 4.79 Å². The van der Waals surface area contributed by atoms with Gasteiger partial charge in [0.2, 0.25) is 0 Å². The fraction of sp³-hybridized carbons (Fsp3) is 0.562. The number of likely N-dealkylation sites (tertiary alicyclic amines) is 1. The molecule has 0 atom stereocenters. The third kappa shape index (κ3) is 4.35. The lowest BCUT2D eigenvalue weighted by atomic mass is 10.0. The van der Waals surface area contributed by atoms with Crippen LogP contribution in [0.2, 0.25) is 0 Å². The lowest BCUT2D eigenvalue weighted by Crippen LogP contribution is -2.44. The van der Waals surface area contributed by atoms with Crippen molar-refractivity contribution in [3.8, 4) is 0 Å². The average Bonchev–Trinajstić information content (AvgIpc) is 2.47. The molecule has 1 aliphatic heterocycles. The molecule has 1 aromatic carbocycles. The Kier molecular flexibility index (Phi) is 5.40. The number of benzene rings is 1. The Balaban J connectivity index is 1.75. The van der Waals surface area contributed by atoms with E-state index in [1.807, 2.05) is 30.3 Å². The van der Waals surface area contributed by atoms with Crippen LogP contribution in [0.3, 0.4) is 0 Å². The summed E-state index contributed by atoms with van der Waals surface area (Å²) in [5.41, 5.74) is 0.760. The Morgan fingerprint density at radius 3 is 2.58 bits per heavy atom. The number of hydrogen-bond acceptors (Lipinski definition) is 2. The maximum atomic E-state index is 12.0. The molecule has 19 heavy (non-hydrogen) atoms. The SMILES string of the molecule is CCCCN1CCC(NC(=O)c2ccccc2)CC1. The summed E-state index contributed by atoms with van der Waals surface area (Å²) in [5, 5.41) is 3.15. The Morgan fingerprint density at radius 1 is 1.26 bits per heavy atom. The van der Waals surface area contributed by atoms with Crippen molar-refractivity contribution in [1.29, 1.82) is 0 Å². The Bertz CT molecular complexity index is 383. The van der Waals surface area contributed by atoms with Crippen molar-refractivity contribution in [2.24, 2.45) is 0 Å². The zero-order valence-electron chi connectivity index (χ0n) is 11.8. The van der Waals surface area contributed by atoms with E-state index in [2.05, 4.69) is 17.1 Å². The second kappa shape index (κ2) is 7.29. The molecule has 0 bridgehead atoms. The summed E-state index contributed by atoms with van der Waals surface area (Å²) in [7, 11) is 0. The third-order valence-electron chi connectivity index (χ3n) is 3.79. The van der Waals surface area contributed by atoms with Crippen LogP contribution in [-0.4, -0.2) is 36.5 Å². The average molecular weight is 260 g/mol. The normalized spacial score (nSPS) is 17.3. The van der Waals surface area contributed by atoms with Crippen LogP contribution in [0.1, 0.15) is 43.0 Å². The smallest absolute Gasteiger partial charge is 0.251 e. The molecule has 1 heterocycles. The summed E-state index contributed by atoms with van der Waals surface area (Å²) in [6.45, 7) is 5.65. The zero-order chi connectivity index (χ0) is 13.5. The Morgan fingerprint density at radius 2 is 1.95 bits per heavy atom. The first-order valence-corrected chi connectivity index (χ1v) is 7.38. The molecule has 0 unspecified atom stereocenters. The summed E-state index contributed by atoms with van der Waals surface area (Å²) in [6.07, 6.45) is 4.68. The molecule has 0 spiro atoms. The highest BCUT2D eigenvalue weighted by atomic mass is 16.1. The van der Waals surface area contributed by atoms with Gasteiger partial charge in [-0.1, -0.05) is 31.5 Å². The van der Waals surface area contributed by atoms with Crippen molar-refractivity contribution >= 4 is 5.91 Å². The summed E-state index contributed by atoms with van der Waals surface area (Å²) >= 11 is 0. The highest BCUT2D eigenvalue weighted by Gasteiger charge is 2.20. The topological polar surface area (TPSA) is 32.3 Å². The number of carbonyl (C=O) groups excluding carboxylic acids is 1. The zero-order valence-corrected chi connectivity index (χ0v) is 11.8. The minimum atomic E-state index is 0.0626. The van der Waals surface area contributed by atoms with Crippen molar-refractivity contribution in [2.75, 3.05) is 19.6 Å². The van der Waals surface area contributed by atoms with E-state index in [0.29, 0.717) is 6.04 Å². The van der Waals surface area contributed by atoms with Gasteiger partial charge in [-0.05, 0) is 37.9 Å². The first kappa shape index (κ1) is 14.1. The van der Waals surface area contributed by atoms with E-state index in [0.717, 1.165) is 31.5 Å². The minimum Gasteiger partial charge on any atom is -0.349 e. The molecule has 3 heteroatoms. The van der Waals surface area contributed by atoms with E-state index in [1.165, 1.54) is 19.4 Å². The van der Waals surface area contributed by atoms with E-state index >= 15 is 0 Å². The van der Waals surface area contributed by atoms with Gasteiger partial charge in [0, 0.05) is 24.7 Å². The predicted octanol–water partition coefficient (Wildman–Crippen LogP) is 2.68. The fourth-order valence-electron chi connectivity index (χ4n) is 2.54. The maximum absolute atomic E-state index is 12.0. The third-order valence-corrected chi connectivity index (χ3v) is 3.79. The molecule has 1 aromatic rings. The second-order valence-electron chi connectivity index (χ2n) is 5.31. The molecule has 0 aliphatic carbocycles. The number of hydrogen-bond donors (Lipinski definition) is 1. The molecule has 1 aliphatic rings. The molecule has 0 saturated carbocycles. The van der Waals surface area contributed by atoms with E-state index < -0.39 is 0 Å². The molecule has 2 rings (SSSR count). The quantitative estimate of drug-likeness (QED) is 0.883. The minimum absolute atomic E-state index is 0.0626. The molecular formula is C16H24N2O. The van der Waals surface area contributed by atoms with Gasteiger partial charge in [-0.3, -0.25) is 4.79 Å². The number of rotatable bonds is 5. The lowest BCUT2D eigenvalue weighted by molar-refractivity contribution is 0.0911. The molecule has 1 saturated heterocycles. The number of amides is 1. The van der Waals surface area contributed by atoms with Crippen molar-refractivity contribution < 1.29 is 4.79 Å². The number of unbranched alkanes of at least 4 members (excludes halogenated alkanes) is 1. The molecule has 0 aromatic heterocycles. The van der Waals surface area contributed by atoms with Gasteiger partial charge in [-0.15, -0.1) is 0 Å². The lowest BCUT2D eigenvalue weighted by Gasteiger charge is -2.32. The van der Waals surface area contributed by atoms with Crippen molar-refractivity contribution in [3.05, 3.63) is 35.9 Å². The van der Waals surface area contributed by atoms with Gasteiger partial charge in [0.15, 0.2) is 0 Å². The molecule has 1 N–H and O–H groups in total. The number of carbonyl (C=O) groups is 1. The summed E-state index contributed by atoms with van der Waals surface area (Å²) in [6, 6.07) is 9.82. The molecular weight excluding hydrogens is 236 g/mol. The van der Waals surface area contributed by atoms with Crippen LogP contribution in [0.15, 0.2) is 30.3 Å². The van der Waals surface area contributed by atoms with Gasteiger partial charge in [-0.2, -0.15) is 0 Å². The fourth-order valence-corrected chi connectivity index (χ4v) is 2.54. The number of nitrogens with one attached hydrogen (secondary N) is 1. The van der Waals surface area contributed by atoms with E-state index in [-0.39, 0.29) is 5.91 Å². The van der Waals surface area contributed by atoms with Crippen LogP contribution in [0.4, 0.5) is 0 Å². The monoisotopic (exact) mass is 260 g/mol. The predicted molar refractivity (Wildman–Crippen MR) is 78.3 cm³/mol. The van der Waals surface area contributed by atoms with Crippen molar-refractivity contribution in [2.45, 2.75) is 38.6 Å². The molecule has 3 nitrogen and oxygen atoms in total. The van der Waals surface area contributed by atoms with Crippen LogP contribution >= 0.6 is 0 Å². The summed E-state index contributed by atoms with van der Waals surface area (Å²) in [5.74, 6) is 0.0626. The van der Waals surface area contributed by atoms with Crippen LogP contribution in [0.25, 0.3) is 0 Å². The molecule has 104 valence electrons. The largest absolute Gasteiger partial charge is 0.349 e. The van der Waals surface area contributed by atoms with Gasteiger partial charge in [0.1, 0.15) is 0 Å². The molecule has 1 amide bonds. The number of piperidine rings is 1. The Hall–Kier alpha value is -1.35. The second-order valence-corrected chi connectivity index (χ2v) is 5.31. The van der Waals surface area contributed by atoms with Crippen LogP contribution in [0.5, 0.6) is 0 Å². The van der Waals surface area contributed by atoms with Crippen molar-refractivity contribution in [1.82, 2.24) is 10.2 Å². The number of nitrogens with zero attached hydrogens (tertiary/aromatic N) is 1. The van der Waals surface area contributed by atoms with Gasteiger partial charge >= 0.3 is 0 Å². The summed E-state index contributed by atoms with van der Waals surface area (Å²) in [4.78, 5) is 14.6. The standard InChI is InChI=1S/C16H24N2O/c1-2-3-11-18-12-9-15(10-13-18)17-16(19)14-7-5-4-6-8-14/h4-8,15H,2-3,9-13H2,1H3,(H,17,19). The van der Waals surface area contributed by atoms with Gasteiger partial charge in [-0.25, -0.2) is 0 Å². The maximum Gasteiger partial charge on any atom is 0.251 e.